The third-order valence-electron chi connectivity index (χ3n) is 4.07. The van der Waals surface area contributed by atoms with Gasteiger partial charge in [-0.05, 0) is 58.6 Å². The molecular weight excluding hydrogens is 540 g/mol. The Hall–Kier alpha value is -2.01. The molecule has 2 aromatic rings. The lowest BCUT2D eigenvalue weighted by Gasteiger charge is -2.24. The monoisotopic (exact) mass is 558 g/mol. The van der Waals surface area contributed by atoms with Gasteiger partial charge < -0.3 is 9.84 Å². The van der Waals surface area contributed by atoms with Crippen LogP contribution in [0.15, 0.2) is 62.4 Å². The predicted molar refractivity (Wildman–Crippen MR) is 123 cm³/mol. The summed E-state index contributed by atoms with van der Waals surface area (Å²) >= 11 is 8.21. The molecule has 0 saturated carbocycles. The number of phenolic OH excluding ortho intramolecular Hbond substituents is 1. The Morgan fingerprint density at radius 3 is 2.47 bits per heavy atom. The molecule has 0 unspecified atom stereocenters. The van der Waals surface area contributed by atoms with Crippen molar-refractivity contribution in [2.45, 2.75) is 17.9 Å². The summed E-state index contributed by atoms with van der Waals surface area (Å²) < 4.78 is 6.69. The summed E-state index contributed by atoms with van der Waals surface area (Å²) in [5, 5.41) is 21.8. The van der Waals surface area contributed by atoms with Crippen molar-refractivity contribution in [2.24, 2.45) is 5.92 Å². The number of rotatable bonds is 7. The first-order valence-electron chi connectivity index (χ1n) is 8.67. The minimum atomic E-state index is -0.924. The fraction of sp³-hybridized carbons (Fsp3) is 0.200. The maximum atomic E-state index is 12.5. The number of carbonyl (C=O) groups excluding carboxylic acids is 2. The average molecular weight is 560 g/mol. The van der Waals surface area contributed by atoms with E-state index >= 15 is 0 Å². The van der Waals surface area contributed by atoms with Gasteiger partial charge in [0.1, 0.15) is 11.9 Å². The van der Waals surface area contributed by atoms with Crippen molar-refractivity contribution in [3.63, 3.8) is 0 Å². The van der Waals surface area contributed by atoms with Gasteiger partial charge >= 0.3 is 6.09 Å². The Morgan fingerprint density at radius 1 is 1.20 bits per heavy atom. The van der Waals surface area contributed by atoms with E-state index in [1.54, 1.807) is 43.0 Å². The third-order valence-corrected chi connectivity index (χ3v) is 5.88. The van der Waals surface area contributed by atoms with Crippen LogP contribution in [-0.4, -0.2) is 28.6 Å². The number of ether oxygens (including phenoxy) is 1. The molecule has 0 saturated heterocycles. The smallest absolute Gasteiger partial charge is 0.412 e. The number of carbonyl (C=O) groups is 2. The second-order valence-electron chi connectivity index (χ2n) is 6.20. The minimum absolute atomic E-state index is 0.0906. The lowest BCUT2D eigenvalue weighted by atomic mass is 9.96. The van der Waals surface area contributed by atoms with E-state index in [-0.39, 0.29) is 5.75 Å². The summed E-state index contributed by atoms with van der Waals surface area (Å²) in [7, 11) is 0. The fourth-order valence-electron chi connectivity index (χ4n) is 2.57. The Labute approximate surface area is 195 Å². The van der Waals surface area contributed by atoms with Crippen LogP contribution in [0.25, 0.3) is 0 Å². The second-order valence-corrected chi connectivity index (χ2v) is 8.85. The summed E-state index contributed by atoms with van der Waals surface area (Å²) in [6, 6.07) is 10.5. The van der Waals surface area contributed by atoms with Crippen LogP contribution in [0.4, 0.5) is 10.5 Å². The van der Waals surface area contributed by atoms with Crippen LogP contribution in [-0.2, 0) is 9.53 Å². The van der Waals surface area contributed by atoms with Gasteiger partial charge in [0.2, 0.25) is 0 Å². The van der Waals surface area contributed by atoms with Crippen LogP contribution in [0.3, 0.4) is 0 Å². The van der Waals surface area contributed by atoms with Crippen molar-refractivity contribution >= 4 is 61.3 Å². The van der Waals surface area contributed by atoms with Crippen molar-refractivity contribution in [1.29, 1.82) is 0 Å². The molecule has 2 aromatic carbocycles. The quantitative estimate of drug-likeness (QED) is 0.152. The molecule has 160 valence electrons. The molecule has 2 atom stereocenters. The zero-order valence-corrected chi connectivity index (χ0v) is 20.0. The Morgan fingerprint density at radius 2 is 1.87 bits per heavy atom. The van der Waals surface area contributed by atoms with Gasteiger partial charge in [0.25, 0.3) is 5.91 Å². The minimum Gasteiger partial charge on any atom is -0.506 e. The number of nitrogens with one attached hydrogen (secondary N) is 2. The zero-order chi connectivity index (χ0) is 22.3. The molecule has 0 aliphatic carbocycles. The van der Waals surface area contributed by atoms with Crippen molar-refractivity contribution in [3.8, 4) is 5.75 Å². The number of aromatic hydroxyl groups is 1. The number of amides is 2. The van der Waals surface area contributed by atoms with Gasteiger partial charge in [0.05, 0.1) is 4.47 Å². The molecule has 0 aliphatic rings. The molecule has 2 rings (SSSR count). The van der Waals surface area contributed by atoms with E-state index in [0.29, 0.717) is 20.2 Å². The molecule has 30 heavy (non-hydrogen) atoms. The molecule has 0 radical (unpaired) electrons. The Balaban J connectivity index is 2.29. The molecule has 0 spiro atoms. The van der Waals surface area contributed by atoms with E-state index in [0.717, 1.165) is 11.0 Å². The van der Waals surface area contributed by atoms with Gasteiger partial charge in [0.15, 0.2) is 0 Å². The third kappa shape index (κ3) is 6.76. The summed E-state index contributed by atoms with van der Waals surface area (Å²) in [6.07, 6.45) is 2.89. The predicted octanol–water partition coefficient (Wildman–Crippen LogP) is 5.63. The first-order valence-corrected chi connectivity index (χ1v) is 11.5. The van der Waals surface area contributed by atoms with Crippen LogP contribution in [0.5, 0.6) is 5.75 Å². The normalized spacial score (nSPS) is 13.0. The fourth-order valence-corrected chi connectivity index (χ4v) is 4.24. The van der Waals surface area contributed by atoms with Crippen LogP contribution < -0.4 is 10.8 Å². The van der Waals surface area contributed by atoms with Crippen molar-refractivity contribution in [1.82, 2.24) is 5.48 Å². The van der Waals surface area contributed by atoms with Gasteiger partial charge in [0, 0.05) is 32.6 Å². The zero-order valence-electron chi connectivity index (χ0n) is 16.1. The van der Waals surface area contributed by atoms with Crippen LogP contribution in [0, 0.1) is 5.92 Å². The Bertz CT molecular complexity index is 938. The average Bonchev–Trinajstić information content (AvgIpc) is 2.73. The number of thioether (sulfide) groups is 1. The summed E-state index contributed by atoms with van der Waals surface area (Å²) in [6.45, 7) is 1.71. The molecule has 0 bridgehead atoms. The molecule has 7 nitrogen and oxygen atoms in total. The number of anilines is 1. The first kappa shape index (κ1) is 24.3. The van der Waals surface area contributed by atoms with E-state index in [9.17, 15) is 14.7 Å². The number of hydrogen-bond acceptors (Lipinski definition) is 6. The van der Waals surface area contributed by atoms with Crippen LogP contribution >= 0.6 is 43.6 Å². The van der Waals surface area contributed by atoms with Gasteiger partial charge in [-0.3, -0.25) is 15.3 Å². The highest BCUT2D eigenvalue weighted by Gasteiger charge is 2.27. The maximum absolute atomic E-state index is 12.5. The summed E-state index contributed by atoms with van der Waals surface area (Å²) in [4.78, 5) is 24.9. The molecule has 4 N–H and O–H groups in total. The second kappa shape index (κ2) is 11.4. The van der Waals surface area contributed by atoms with Crippen LogP contribution in [0.1, 0.15) is 18.6 Å². The number of benzene rings is 2. The molecule has 2 amide bonds. The number of hydrogen-bond donors (Lipinski definition) is 4. The molecule has 0 aliphatic heterocycles. The number of halogens is 2. The van der Waals surface area contributed by atoms with Gasteiger partial charge in [-0.15, -0.1) is 11.8 Å². The van der Waals surface area contributed by atoms with E-state index in [2.05, 4.69) is 37.2 Å². The molecule has 0 heterocycles. The number of hydroxylamine groups is 1. The highest BCUT2D eigenvalue weighted by atomic mass is 79.9. The van der Waals surface area contributed by atoms with Crippen molar-refractivity contribution in [2.75, 3.05) is 11.6 Å². The lowest BCUT2D eigenvalue weighted by molar-refractivity contribution is -0.124. The highest BCUT2D eigenvalue weighted by molar-refractivity contribution is 9.11. The number of phenols is 1. The SMILES string of the molecule is CSc1ccc(NC(=O)O[C@H](c2cc(Br)cc(Br)c2O)[C@H](C)/C=C/C(=O)NO)cc1. The van der Waals surface area contributed by atoms with Gasteiger partial charge in [-0.25, -0.2) is 10.3 Å². The molecule has 0 aromatic heterocycles. The highest BCUT2D eigenvalue weighted by Crippen LogP contribution is 2.40. The van der Waals surface area contributed by atoms with Crippen molar-refractivity contribution < 1.29 is 24.6 Å². The topological polar surface area (TPSA) is 108 Å². The van der Waals surface area contributed by atoms with E-state index in [4.69, 9.17) is 9.94 Å². The van der Waals surface area contributed by atoms with Gasteiger partial charge in [-0.1, -0.05) is 28.9 Å². The van der Waals surface area contributed by atoms with E-state index < -0.39 is 24.0 Å². The molecular formula is C20H20Br2N2O5S. The van der Waals surface area contributed by atoms with Gasteiger partial charge in [-0.2, -0.15) is 0 Å². The van der Waals surface area contributed by atoms with E-state index in [1.807, 2.05) is 18.4 Å². The van der Waals surface area contributed by atoms with Crippen LogP contribution in [0.2, 0.25) is 0 Å². The van der Waals surface area contributed by atoms with Crippen molar-refractivity contribution in [3.05, 3.63) is 63.1 Å². The summed E-state index contributed by atoms with van der Waals surface area (Å²) in [5.74, 6) is -1.33. The Kier molecular flexibility index (Phi) is 9.22. The maximum Gasteiger partial charge on any atom is 0.412 e. The molecule has 10 heteroatoms. The lowest BCUT2D eigenvalue weighted by Crippen LogP contribution is -2.22. The summed E-state index contributed by atoms with van der Waals surface area (Å²) in [5.41, 5.74) is 2.39. The molecule has 0 fully saturated rings. The van der Waals surface area contributed by atoms with E-state index in [1.165, 1.54) is 11.6 Å². The first-order chi connectivity index (χ1) is 14.2. The standard InChI is InChI=1S/C20H20Br2N2O5S/c1-11(3-8-17(25)24-28)19(15-9-12(21)10-16(22)18(15)26)29-20(27)23-13-4-6-14(30-2)7-5-13/h3-11,19,26,28H,1-2H3,(H,23,27)(H,24,25)/b8-3+/t11-,19+/m1/s1. The largest absolute Gasteiger partial charge is 0.506 e.